The summed E-state index contributed by atoms with van der Waals surface area (Å²) in [6.07, 6.45) is 9.21. The summed E-state index contributed by atoms with van der Waals surface area (Å²) in [5, 5.41) is 0. The van der Waals surface area contributed by atoms with Gasteiger partial charge < -0.3 is 6.92 Å². The van der Waals surface area contributed by atoms with Gasteiger partial charge in [0.1, 0.15) is 0 Å². The Morgan fingerprint density at radius 1 is 1.54 bits per heavy atom. The molecule has 74 valence electrons. The average molecular weight is 343 g/mol. The fourth-order valence-corrected chi connectivity index (χ4v) is 1.29. The Balaban J connectivity index is 0.000000424. The van der Waals surface area contributed by atoms with Crippen LogP contribution >= 0.6 is 26.3 Å². The first kappa shape index (κ1) is 14.2. The van der Waals surface area contributed by atoms with Crippen LogP contribution in [0.15, 0.2) is 23.3 Å². The van der Waals surface area contributed by atoms with Crippen molar-refractivity contribution >= 4 is 26.3 Å². The van der Waals surface area contributed by atoms with Gasteiger partial charge in [-0.2, -0.15) is 6.42 Å². The van der Waals surface area contributed by atoms with Gasteiger partial charge in [0.25, 0.3) is 0 Å². The van der Waals surface area contributed by atoms with E-state index in [4.69, 9.17) is 0 Å². The molecule has 0 spiro atoms. The van der Waals surface area contributed by atoms with E-state index in [2.05, 4.69) is 52.3 Å². The molecule has 0 nitrogen and oxygen atoms in total. The van der Waals surface area contributed by atoms with E-state index in [-0.39, 0.29) is 15.0 Å². The molecule has 1 aliphatic rings. The Labute approximate surface area is 103 Å². The van der Waals surface area contributed by atoms with Gasteiger partial charge in [0.05, 0.1) is 0 Å². The molecule has 0 aromatic heterocycles. The Morgan fingerprint density at radius 2 is 2.15 bits per heavy atom. The van der Waals surface area contributed by atoms with Crippen LogP contribution in [0.5, 0.6) is 0 Å². The van der Waals surface area contributed by atoms with Crippen molar-refractivity contribution < 1.29 is 15.0 Å². The monoisotopic (exact) mass is 341 g/mol. The predicted molar refractivity (Wildman–Crippen MR) is 63.5 cm³/mol. The van der Waals surface area contributed by atoms with Crippen LogP contribution in [0.2, 0.25) is 0 Å². The molecule has 13 heavy (non-hydrogen) atoms. The van der Waals surface area contributed by atoms with Gasteiger partial charge in [0.2, 0.25) is 0 Å². The van der Waals surface area contributed by atoms with Crippen LogP contribution in [0.4, 0.5) is 0 Å². The normalized spacial score (nSPS) is 14.2. The van der Waals surface area contributed by atoms with E-state index in [1.807, 2.05) is 0 Å². The summed E-state index contributed by atoms with van der Waals surface area (Å²) < 4.78 is 0. The van der Waals surface area contributed by atoms with Crippen molar-refractivity contribution in [2.45, 2.75) is 32.6 Å². The van der Waals surface area contributed by atoms with Crippen LogP contribution in [0.1, 0.15) is 32.6 Å². The maximum atomic E-state index is 3.83. The molecule has 0 unspecified atom stereocenters. The van der Waals surface area contributed by atoms with E-state index in [1.165, 1.54) is 24.8 Å². The van der Waals surface area contributed by atoms with Gasteiger partial charge in [-0.1, -0.05) is 29.7 Å². The van der Waals surface area contributed by atoms with Crippen molar-refractivity contribution in [3.05, 3.63) is 30.2 Å². The molecule has 1 rings (SSSR count). The van der Waals surface area contributed by atoms with Crippen LogP contribution in [-0.4, -0.2) is 0 Å². The molecule has 0 radical (unpaired) electrons. The summed E-state index contributed by atoms with van der Waals surface area (Å²) in [6.45, 7) is 6.03. The second-order valence-electron chi connectivity index (χ2n) is 2.92. The first-order valence-corrected chi connectivity index (χ1v) is 12.1. The summed E-state index contributed by atoms with van der Waals surface area (Å²) in [5.41, 5.74) is 3.09. The number of rotatable bonds is 3. The Hall–Kier alpha value is 1.15. The van der Waals surface area contributed by atoms with Gasteiger partial charge in [0, 0.05) is 0 Å². The Morgan fingerprint density at radius 3 is 2.54 bits per heavy atom. The smallest absolute Gasteiger partial charge is 0.0130 e. The van der Waals surface area contributed by atoms with Crippen LogP contribution in [0.3, 0.4) is 0 Å². The van der Waals surface area contributed by atoms with Gasteiger partial charge in [-0.25, -0.2) is 0 Å². The third kappa shape index (κ3) is 7.13. The van der Waals surface area contributed by atoms with E-state index < -0.39 is 0 Å². The molecule has 0 fully saturated rings. The zero-order valence-corrected chi connectivity index (χ0v) is 12.7. The molecule has 0 heterocycles. The summed E-state index contributed by atoms with van der Waals surface area (Å²) in [5.74, 6) is 0. The molecule has 0 aromatic rings. The fourth-order valence-electron chi connectivity index (χ4n) is 1.29. The summed E-state index contributed by atoms with van der Waals surface area (Å²) >= 11 is 6.50. The molecular formula is C10H15Br2Ti-. The predicted octanol–water partition coefficient (Wildman–Crippen LogP) is 4.96. The molecule has 0 atom stereocenters. The third-order valence-electron chi connectivity index (χ3n) is 2.02. The largest absolute Gasteiger partial charge is 0.343 e. The molecule has 0 bridgehead atoms. The first-order chi connectivity index (χ1) is 6.26. The number of hydrogen-bond donors (Lipinski definition) is 0. The van der Waals surface area contributed by atoms with Gasteiger partial charge in [-0.3, -0.25) is 0 Å². The number of unbranched alkanes of at least 4 members (excludes halogenated alkanes) is 1. The minimum Gasteiger partial charge on any atom is -0.343 e. The second-order valence-corrected chi connectivity index (χ2v) is 10.8. The molecule has 3 heteroatoms. The van der Waals surface area contributed by atoms with Crippen molar-refractivity contribution in [2.24, 2.45) is 0 Å². The average Bonchev–Trinajstić information content (AvgIpc) is 2.49. The Kier molecular flexibility index (Phi) is 10.6. The molecule has 0 amide bonds. The van der Waals surface area contributed by atoms with Crippen LogP contribution in [0.25, 0.3) is 0 Å². The maximum absolute atomic E-state index is 3.83. The van der Waals surface area contributed by atoms with E-state index >= 15 is 0 Å². The van der Waals surface area contributed by atoms with Gasteiger partial charge in [-0.05, 0) is 19.8 Å². The maximum Gasteiger partial charge on any atom is -0.0130 e. The first-order valence-electron chi connectivity index (χ1n) is 4.37. The van der Waals surface area contributed by atoms with Crippen molar-refractivity contribution in [1.29, 1.82) is 0 Å². The van der Waals surface area contributed by atoms with Crippen LogP contribution in [-0.2, 0) is 15.0 Å². The molecule has 0 saturated heterocycles. The zero-order chi connectivity index (χ0) is 10.1. The van der Waals surface area contributed by atoms with Crippen molar-refractivity contribution in [3.8, 4) is 0 Å². The summed E-state index contributed by atoms with van der Waals surface area (Å²) in [7, 11) is 0. The molecule has 0 N–H and O–H groups in total. The van der Waals surface area contributed by atoms with Crippen molar-refractivity contribution in [1.82, 2.24) is 0 Å². The van der Waals surface area contributed by atoms with Crippen LogP contribution in [0, 0.1) is 6.92 Å². The molecule has 1 aliphatic carbocycles. The van der Waals surface area contributed by atoms with Gasteiger partial charge in [-0.15, -0.1) is 0 Å². The molecular weight excluding hydrogens is 328 g/mol. The van der Waals surface area contributed by atoms with Gasteiger partial charge >= 0.3 is 41.3 Å². The number of hydrogen-bond acceptors (Lipinski definition) is 0. The third-order valence-corrected chi connectivity index (χ3v) is 2.02. The van der Waals surface area contributed by atoms with E-state index in [1.54, 1.807) is 5.57 Å². The molecule has 0 aromatic carbocycles. The van der Waals surface area contributed by atoms with Gasteiger partial charge in [0.15, 0.2) is 0 Å². The topological polar surface area (TPSA) is 0 Å². The van der Waals surface area contributed by atoms with E-state index in [0.29, 0.717) is 0 Å². The van der Waals surface area contributed by atoms with Crippen molar-refractivity contribution in [2.75, 3.05) is 0 Å². The number of halogens is 2. The fraction of sp³-hybridized carbons (Fsp3) is 0.500. The zero-order valence-electron chi connectivity index (χ0n) is 7.95. The summed E-state index contributed by atoms with van der Waals surface area (Å²) in [6, 6.07) is 0. The molecule has 0 aliphatic heterocycles. The number of allylic oxidation sites excluding steroid dienone is 4. The summed E-state index contributed by atoms with van der Waals surface area (Å²) in [4.78, 5) is 0. The minimum absolute atomic E-state index is 0.125. The standard InChI is InChI=1S/C10H15.2BrH.Ti/c1-3-4-7-10-8-5-6-9(10)2;;;/h5-6H,1,3-4,7-8H2,2H3;2*1H;/q-1;;;+2/p-2. The minimum atomic E-state index is 0.125. The van der Waals surface area contributed by atoms with Crippen molar-refractivity contribution in [3.63, 3.8) is 0 Å². The quantitative estimate of drug-likeness (QED) is 0.502. The second kappa shape index (κ2) is 9.70. The van der Waals surface area contributed by atoms with E-state index in [0.717, 1.165) is 6.42 Å². The van der Waals surface area contributed by atoms with Crippen LogP contribution < -0.4 is 0 Å². The van der Waals surface area contributed by atoms with E-state index in [9.17, 15) is 0 Å². The molecule has 0 saturated carbocycles. The Bertz CT molecular complexity index is 185. The SMILES string of the molecule is [Br][Ti][Br].[CH2-]CCCC1=C(C)C=CC1.